The van der Waals surface area contributed by atoms with Crippen LogP contribution >= 0.6 is 15.9 Å². The molecule has 0 fully saturated rings. The van der Waals surface area contributed by atoms with Crippen LogP contribution in [0.3, 0.4) is 0 Å². The van der Waals surface area contributed by atoms with Gasteiger partial charge in [0.1, 0.15) is 17.2 Å². The van der Waals surface area contributed by atoms with Gasteiger partial charge in [0.15, 0.2) is 0 Å². The quantitative estimate of drug-likeness (QED) is 0.562. The van der Waals surface area contributed by atoms with E-state index >= 15 is 0 Å². The fourth-order valence-corrected chi connectivity index (χ4v) is 2.47. The second-order valence-electron chi connectivity index (χ2n) is 4.88. The molecule has 2 aromatic rings. The molecule has 0 atom stereocenters. The van der Waals surface area contributed by atoms with Gasteiger partial charge in [-0.1, -0.05) is 15.9 Å². The summed E-state index contributed by atoms with van der Waals surface area (Å²) >= 11 is 3.35. The van der Waals surface area contributed by atoms with E-state index in [-0.39, 0.29) is 5.91 Å². The Bertz CT molecular complexity index is 778. The molecule has 0 aliphatic heterocycles. The number of carbonyl (C=O) groups is 1. The van der Waals surface area contributed by atoms with Crippen LogP contribution in [0.4, 0.5) is 0 Å². The number of halogens is 1. The maximum absolute atomic E-state index is 12.4. The fourth-order valence-electron chi connectivity index (χ4n) is 2.11. The minimum atomic E-state index is -0.367. The molecule has 0 aliphatic rings. The zero-order valence-corrected chi connectivity index (χ0v) is 15.8. The number of amides is 1. The van der Waals surface area contributed by atoms with Crippen LogP contribution in [-0.4, -0.2) is 32.9 Å². The van der Waals surface area contributed by atoms with Gasteiger partial charge in [-0.3, -0.25) is 4.79 Å². The van der Waals surface area contributed by atoms with Crippen LogP contribution in [0.25, 0.3) is 0 Å². The molecule has 132 valence electrons. The maximum Gasteiger partial charge on any atom is 0.275 e. The number of rotatable bonds is 7. The third-order valence-corrected chi connectivity index (χ3v) is 3.79. The fraction of sp³-hybridized carbons (Fsp3) is 0.222. The first-order valence-electron chi connectivity index (χ1n) is 7.56. The predicted octanol–water partition coefficient (Wildman–Crippen LogP) is 3.63. The van der Waals surface area contributed by atoms with Crippen LogP contribution in [-0.2, 0) is 0 Å². The summed E-state index contributed by atoms with van der Waals surface area (Å²) in [5.41, 5.74) is 3.61. The van der Waals surface area contributed by atoms with Crippen LogP contribution in [0.1, 0.15) is 22.8 Å². The highest BCUT2D eigenvalue weighted by Gasteiger charge is 2.12. The largest absolute Gasteiger partial charge is 0.497 e. The first-order valence-corrected chi connectivity index (χ1v) is 8.36. The van der Waals surface area contributed by atoms with Crippen LogP contribution < -0.4 is 19.6 Å². The van der Waals surface area contributed by atoms with Crippen LogP contribution in [0.2, 0.25) is 0 Å². The molecule has 0 aromatic heterocycles. The van der Waals surface area contributed by atoms with Crippen LogP contribution in [0, 0.1) is 0 Å². The van der Waals surface area contributed by atoms with Gasteiger partial charge >= 0.3 is 0 Å². The molecule has 2 rings (SSSR count). The lowest BCUT2D eigenvalue weighted by molar-refractivity contribution is 0.0951. The molecule has 0 heterocycles. The van der Waals surface area contributed by atoms with E-state index < -0.39 is 0 Å². The monoisotopic (exact) mass is 406 g/mol. The molecule has 0 radical (unpaired) electrons. The first kappa shape index (κ1) is 18.8. The van der Waals surface area contributed by atoms with E-state index in [9.17, 15) is 4.79 Å². The molecule has 0 aliphatic carbocycles. The molecular weight excluding hydrogens is 388 g/mol. The Balaban J connectivity index is 2.15. The lowest BCUT2D eigenvalue weighted by Gasteiger charge is -2.09. The number of benzene rings is 2. The molecule has 0 spiro atoms. The summed E-state index contributed by atoms with van der Waals surface area (Å²) in [6.07, 6.45) is 1.51. The van der Waals surface area contributed by atoms with Crippen LogP contribution in [0.5, 0.6) is 17.2 Å². The third-order valence-electron chi connectivity index (χ3n) is 3.30. The molecule has 0 bridgehead atoms. The Kier molecular flexibility index (Phi) is 6.82. The number of hydrogen-bond acceptors (Lipinski definition) is 5. The molecular formula is C18H19BrN2O4. The van der Waals surface area contributed by atoms with E-state index in [0.717, 1.165) is 4.47 Å². The summed E-state index contributed by atoms with van der Waals surface area (Å²) in [4.78, 5) is 12.4. The molecule has 7 heteroatoms. The number of carbonyl (C=O) groups excluding carboxylic acids is 1. The predicted molar refractivity (Wildman–Crippen MR) is 99.9 cm³/mol. The Morgan fingerprint density at radius 3 is 2.64 bits per heavy atom. The van der Waals surface area contributed by atoms with Gasteiger partial charge in [0.05, 0.1) is 32.6 Å². The highest BCUT2D eigenvalue weighted by atomic mass is 79.9. The summed E-state index contributed by atoms with van der Waals surface area (Å²) in [5.74, 6) is 1.40. The average Bonchev–Trinajstić information content (AvgIpc) is 2.63. The first-order chi connectivity index (χ1) is 12.1. The maximum atomic E-state index is 12.4. The SMILES string of the molecule is CCOc1ccc(Br)cc1C(=O)N/N=C\c1ccc(OC)cc1OC. The normalized spacial score (nSPS) is 10.6. The molecule has 0 saturated heterocycles. The van der Waals surface area contributed by atoms with E-state index in [1.54, 1.807) is 44.6 Å². The smallest absolute Gasteiger partial charge is 0.275 e. The summed E-state index contributed by atoms with van der Waals surface area (Å²) < 4.78 is 16.7. The van der Waals surface area contributed by atoms with E-state index in [0.29, 0.717) is 35.0 Å². The van der Waals surface area contributed by atoms with Gasteiger partial charge < -0.3 is 14.2 Å². The zero-order chi connectivity index (χ0) is 18.2. The Labute approximate surface area is 154 Å². The molecule has 0 saturated carbocycles. The minimum Gasteiger partial charge on any atom is -0.497 e. The lowest BCUT2D eigenvalue weighted by atomic mass is 10.2. The van der Waals surface area contributed by atoms with Crippen molar-refractivity contribution < 1.29 is 19.0 Å². The van der Waals surface area contributed by atoms with Gasteiger partial charge in [-0.05, 0) is 37.3 Å². The Hall–Kier alpha value is -2.54. The molecule has 0 unspecified atom stereocenters. The number of nitrogens with zero attached hydrogens (tertiary/aromatic N) is 1. The molecule has 2 aromatic carbocycles. The van der Waals surface area contributed by atoms with Crippen molar-refractivity contribution in [3.05, 3.63) is 52.0 Å². The van der Waals surface area contributed by atoms with E-state index in [1.807, 2.05) is 13.0 Å². The van der Waals surface area contributed by atoms with Crippen molar-refractivity contribution in [2.75, 3.05) is 20.8 Å². The minimum absolute atomic E-state index is 0.367. The van der Waals surface area contributed by atoms with E-state index in [1.165, 1.54) is 6.21 Å². The number of nitrogens with one attached hydrogen (secondary N) is 1. The second-order valence-corrected chi connectivity index (χ2v) is 5.80. The van der Waals surface area contributed by atoms with Crippen molar-refractivity contribution in [1.82, 2.24) is 5.43 Å². The third kappa shape index (κ3) is 4.96. The van der Waals surface area contributed by atoms with Gasteiger partial charge in [-0.15, -0.1) is 0 Å². The van der Waals surface area contributed by atoms with Crippen molar-refractivity contribution in [2.45, 2.75) is 6.92 Å². The average molecular weight is 407 g/mol. The highest BCUT2D eigenvalue weighted by molar-refractivity contribution is 9.10. The Morgan fingerprint density at radius 1 is 1.16 bits per heavy atom. The van der Waals surface area contributed by atoms with Gasteiger partial charge in [0, 0.05) is 16.1 Å². The number of methoxy groups -OCH3 is 2. The van der Waals surface area contributed by atoms with Crippen molar-refractivity contribution in [3.63, 3.8) is 0 Å². The van der Waals surface area contributed by atoms with Crippen molar-refractivity contribution in [3.8, 4) is 17.2 Å². The van der Waals surface area contributed by atoms with Gasteiger partial charge in [-0.25, -0.2) is 5.43 Å². The van der Waals surface area contributed by atoms with Gasteiger partial charge in [0.25, 0.3) is 5.91 Å². The van der Waals surface area contributed by atoms with Gasteiger partial charge in [-0.2, -0.15) is 5.10 Å². The van der Waals surface area contributed by atoms with E-state index in [2.05, 4.69) is 26.5 Å². The van der Waals surface area contributed by atoms with E-state index in [4.69, 9.17) is 14.2 Å². The molecule has 1 amide bonds. The van der Waals surface area contributed by atoms with Crippen molar-refractivity contribution >= 4 is 28.1 Å². The van der Waals surface area contributed by atoms with Crippen molar-refractivity contribution in [2.24, 2.45) is 5.10 Å². The molecule has 1 N–H and O–H groups in total. The summed E-state index contributed by atoms with van der Waals surface area (Å²) in [6.45, 7) is 2.33. The second kappa shape index (κ2) is 9.08. The topological polar surface area (TPSA) is 69.2 Å². The lowest BCUT2D eigenvalue weighted by Crippen LogP contribution is -2.19. The summed E-state index contributed by atoms with van der Waals surface area (Å²) in [7, 11) is 3.14. The zero-order valence-electron chi connectivity index (χ0n) is 14.2. The Morgan fingerprint density at radius 2 is 1.96 bits per heavy atom. The number of hydrazone groups is 1. The summed E-state index contributed by atoms with van der Waals surface area (Å²) in [5, 5.41) is 4.00. The number of ether oxygens (including phenoxy) is 3. The highest BCUT2D eigenvalue weighted by Crippen LogP contribution is 2.24. The van der Waals surface area contributed by atoms with Gasteiger partial charge in [0.2, 0.25) is 0 Å². The number of hydrogen-bond donors (Lipinski definition) is 1. The standard InChI is InChI=1S/C18H19BrN2O4/c1-4-25-16-8-6-13(19)9-15(16)18(22)21-20-11-12-5-7-14(23-2)10-17(12)24-3/h5-11H,4H2,1-3H3,(H,21,22)/b20-11-. The molecule has 25 heavy (non-hydrogen) atoms. The van der Waals surface area contributed by atoms with Crippen molar-refractivity contribution in [1.29, 1.82) is 0 Å². The van der Waals surface area contributed by atoms with Crippen LogP contribution in [0.15, 0.2) is 46.0 Å². The summed E-state index contributed by atoms with van der Waals surface area (Å²) in [6, 6.07) is 10.5. The molecule has 6 nitrogen and oxygen atoms in total.